The van der Waals surface area contributed by atoms with Crippen molar-refractivity contribution in [2.75, 3.05) is 6.61 Å². The predicted molar refractivity (Wildman–Crippen MR) is 73.1 cm³/mol. The minimum Gasteiger partial charge on any atom is -0.395 e. The van der Waals surface area contributed by atoms with Gasteiger partial charge in [-0.15, -0.1) is 0 Å². The summed E-state index contributed by atoms with van der Waals surface area (Å²) in [6.45, 7) is 6.02. The van der Waals surface area contributed by atoms with Crippen molar-refractivity contribution in [3.8, 4) is 0 Å². The number of hydrogen-bond donors (Lipinski definition) is 1. The van der Waals surface area contributed by atoms with Crippen molar-refractivity contribution >= 4 is 0 Å². The molecule has 1 aromatic rings. The van der Waals surface area contributed by atoms with Crippen LogP contribution in [0.4, 0.5) is 0 Å². The highest BCUT2D eigenvalue weighted by atomic mass is 16.3. The Bertz CT molecular complexity index is 405. The molecule has 18 heavy (non-hydrogen) atoms. The summed E-state index contributed by atoms with van der Waals surface area (Å²) in [5.41, 5.74) is 1.36. The van der Waals surface area contributed by atoms with Crippen LogP contribution in [-0.2, 0) is 6.54 Å². The Balaban J connectivity index is 1.81. The number of aliphatic hydroxyl groups excluding tert-OH is 1. The molecule has 1 saturated heterocycles. The number of benzene rings is 1. The SMILES string of the molecule is C[C@H]1[C@@H]2[C@@H](CO)N(Cc3ccccc3)[C@H]1C[C@@H]2C. The van der Waals surface area contributed by atoms with Gasteiger partial charge in [0.2, 0.25) is 0 Å². The van der Waals surface area contributed by atoms with Gasteiger partial charge in [0.25, 0.3) is 0 Å². The fraction of sp³-hybridized carbons (Fsp3) is 0.625. The van der Waals surface area contributed by atoms with E-state index < -0.39 is 0 Å². The molecule has 2 nitrogen and oxygen atoms in total. The average molecular weight is 245 g/mol. The molecule has 2 aliphatic rings. The van der Waals surface area contributed by atoms with Gasteiger partial charge in [0, 0.05) is 18.6 Å². The minimum atomic E-state index is 0.308. The molecule has 0 radical (unpaired) electrons. The monoisotopic (exact) mass is 245 g/mol. The quantitative estimate of drug-likeness (QED) is 0.884. The summed E-state index contributed by atoms with van der Waals surface area (Å²) in [7, 11) is 0. The molecule has 1 saturated carbocycles. The summed E-state index contributed by atoms with van der Waals surface area (Å²) in [6.07, 6.45) is 1.30. The molecule has 1 heterocycles. The summed E-state index contributed by atoms with van der Waals surface area (Å²) < 4.78 is 0. The van der Waals surface area contributed by atoms with E-state index in [0.29, 0.717) is 24.6 Å². The summed E-state index contributed by atoms with van der Waals surface area (Å²) >= 11 is 0. The van der Waals surface area contributed by atoms with E-state index in [-0.39, 0.29) is 0 Å². The normalized spacial score (nSPS) is 39.4. The third kappa shape index (κ3) is 1.79. The first-order valence-corrected chi connectivity index (χ1v) is 7.13. The van der Waals surface area contributed by atoms with Gasteiger partial charge < -0.3 is 5.11 Å². The summed E-state index contributed by atoms with van der Waals surface area (Å²) in [6, 6.07) is 11.7. The third-order valence-corrected chi connectivity index (χ3v) is 5.18. The molecule has 1 aliphatic carbocycles. The fourth-order valence-electron chi connectivity index (χ4n) is 4.42. The van der Waals surface area contributed by atoms with Gasteiger partial charge >= 0.3 is 0 Å². The Labute approximate surface area is 110 Å². The van der Waals surface area contributed by atoms with Crippen LogP contribution in [0.15, 0.2) is 30.3 Å². The lowest BCUT2D eigenvalue weighted by Crippen LogP contribution is -2.44. The molecule has 2 bridgehead atoms. The van der Waals surface area contributed by atoms with Gasteiger partial charge in [-0.2, -0.15) is 0 Å². The van der Waals surface area contributed by atoms with Crippen molar-refractivity contribution in [3.05, 3.63) is 35.9 Å². The number of fused-ring (bicyclic) bond motifs is 2. The maximum absolute atomic E-state index is 9.73. The van der Waals surface area contributed by atoms with Crippen LogP contribution >= 0.6 is 0 Å². The highest BCUT2D eigenvalue weighted by molar-refractivity contribution is 5.17. The van der Waals surface area contributed by atoms with Gasteiger partial charge in [0.05, 0.1) is 6.61 Å². The number of aliphatic hydroxyl groups is 1. The molecule has 0 aromatic heterocycles. The molecule has 0 unspecified atom stereocenters. The summed E-state index contributed by atoms with van der Waals surface area (Å²) in [5.74, 6) is 2.19. The van der Waals surface area contributed by atoms with Crippen molar-refractivity contribution in [1.29, 1.82) is 0 Å². The first-order valence-electron chi connectivity index (χ1n) is 7.13. The molecule has 3 rings (SSSR count). The van der Waals surface area contributed by atoms with Crippen LogP contribution in [0.5, 0.6) is 0 Å². The van der Waals surface area contributed by atoms with E-state index in [1.54, 1.807) is 0 Å². The molecule has 1 aliphatic heterocycles. The van der Waals surface area contributed by atoms with Gasteiger partial charge in [-0.05, 0) is 29.7 Å². The maximum atomic E-state index is 9.73. The van der Waals surface area contributed by atoms with E-state index in [9.17, 15) is 5.11 Å². The van der Waals surface area contributed by atoms with E-state index in [4.69, 9.17) is 0 Å². The molecule has 2 heteroatoms. The van der Waals surface area contributed by atoms with E-state index in [1.165, 1.54) is 12.0 Å². The standard InChI is InChI=1S/C16H23NO/c1-11-8-14-12(2)16(11)15(10-18)17(14)9-13-6-4-3-5-7-13/h3-7,11-12,14-16,18H,8-10H2,1-2H3/t11-,12+,14-,15+,16+/m0/s1. The highest BCUT2D eigenvalue weighted by Crippen LogP contribution is 2.50. The Hall–Kier alpha value is -0.860. The number of rotatable bonds is 3. The van der Waals surface area contributed by atoms with Crippen LogP contribution in [-0.4, -0.2) is 28.7 Å². The molecular formula is C16H23NO. The van der Waals surface area contributed by atoms with Gasteiger partial charge in [-0.1, -0.05) is 44.2 Å². The first-order chi connectivity index (χ1) is 8.72. The average Bonchev–Trinajstić information content (AvgIpc) is 2.80. The zero-order valence-electron chi connectivity index (χ0n) is 11.3. The van der Waals surface area contributed by atoms with E-state index in [1.807, 2.05) is 0 Å². The van der Waals surface area contributed by atoms with Crippen LogP contribution in [0.1, 0.15) is 25.8 Å². The van der Waals surface area contributed by atoms with Crippen molar-refractivity contribution in [2.24, 2.45) is 17.8 Å². The van der Waals surface area contributed by atoms with E-state index in [0.717, 1.165) is 18.4 Å². The Morgan fingerprint density at radius 1 is 1.22 bits per heavy atom. The predicted octanol–water partition coefficient (Wildman–Crippen LogP) is 2.52. The topological polar surface area (TPSA) is 23.5 Å². The Kier molecular flexibility index (Phi) is 3.16. The summed E-state index contributed by atoms with van der Waals surface area (Å²) in [5, 5.41) is 9.73. The molecule has 0 spiro atoms. The molecule has 0 amide bonds. The molecule has 2 fully saturated rings. The largest absolute Gasteiger partial charge is 0.395 e. The zero-order chi connectivity index (χ0) is 12.7. The van der Waals surface area contributed by atoms with Crippen LogP contribution in [0.25, 0.3) is 0 Å². The van der Waals surface area contributed by atoms with Crippen LogP contribution in [0, 0.1) is 17.8 Å². The van der Waals surface area contributed by atoms with Crippen molar-refractivity contribution in [2.45, 2.75) is 38.9 Å². The molecule has 98 valence electrons. The third-order valence-electron chi connectivity index (χ3n) is 5.18. The lowest BCUT2D eigenvalue weighted by Gasteiger charge is -2.37. The minimum absolute atomic E-state index is 0.308. The van der Waals surface area contributed by atoms with Crippen molar-refractivity contribution in [1.82, 2.24) is 4.90 Å². The van der Waals surface area contributed by atoms with Gasteiger partial charge in [0.1, 0.15) is 0 Å². The maximum Gasteiger partial charge on any atom is 0.0590 e. The smallest absolute Gasteiger partial charge is 0.0590 e. The highest BCUT2D eigenvalue weighted by Gasteiger charge is 2.53. The second-order valence-corrected chi connectivity index (χ2v) is 6.12. The van der Waals surface area contributed by atoms with Crippen LogP contribution < -0.4 is 0 Å². The van der Waals surface area contributed by atoms with Gasteiger partial charge in [-0.3, -0.25) is 4.90 Å². The van der Waals surface area contributed by atoms with E-state index >= 15 is 0 Å². The van der Waals surface area contributed by atoms with Crippen LogP contribution in [0.2, 0.25) is 0 Å². The number of nitrogens with zero attached hydrogens (tertiary/aromatic N) is 1. The van der Waals surface area contributed by atoms with Gasteiger partial charge in [-0.25, -0.2) is 0 Å². The molecule has 1 N–H and O–H groups in total. The van der Waals surface area contributed by atoms with Crippen molar-refractivity contribution in [3.63, 3.8) is 0 Å². The molecule has 1 aromatic carbocycles. The lowest BCUT2D eigenvalue weighted by molar-refractivity contribution is 0.0566. The Morgan fingerprint density at radius 2 is 1.94 bits per heavy atom. The van der Waals surface area contributed by atoms with Crippen molar-refractivity contribution < 1.29 is 5.11 Å². The van der Waals surface area contributed by atoms with Crippen LogP contribution in [0.3, 0.4) is 0 Å². The number of likely N-dealkylation sites (tertiary alicyclic amines) is 1. The van der Waals surface area contributed by atoms with Gasteiger partial charge in [0.15, 0.2) is 0 Å². The molecular weight excluding hydrogens is 222 g/mol. The Morgan fingerprint density at radius 3 is 2.61 bits per heavy atom. The fourth-order valence-corrected chi connectivity index (χ4v) is 4.42. The second kappa shape index (κ2) is 4.67. The molecule has 5 atom stereocenters. The zero-order valence-corrected chi connectivity index (χ0v) is 11.3. The lowest BCUT2D eigenvalue weighted by atomic mass is 9.86. The summed E-state index contributed by atoms with van der Waals surface area (Å²) in [4.78, 5) is 2.55. The number of piperidine rings is 1. The number of hydrogen-bond acceptors (Lipinski definition) is 2. The van der Waals surface area contributed by atoms with E-state index in [2.05, 4.69) is 49.1 Å². The first kappa shape index (κ1) is 12.2. The second-order valence-electron chi connectivity index (χ2n) is 6.12.